The van der Waals surface area contributed by atoms with E-state index in [1.807, 2.05) is 13.8 Å². The van der Waals surface area contributed by atoms with E-state index in [4.69, 9.17) is 0 Å². The molecule has 4 nitrogen and oxygen atoms in total. The highest BCUT2D eigenvalue weighted by Crippen LogP contribution is 2.15. The van der Waals surface area contributed by atoms with Crippen LogP contribution in [0.4, 0.5) is 0 Å². The van der Waals surface area contributed by atoms with Crippen molar-refractivity contribution in [1.82, 2.24) is 10.3 Å². The first-order valence-corrected chi connectivity index (χ1v) is 6.71. The Bertz CT molecular complexity index is 402. The third kappa shape index (κ3) is 5.14. The predicted octanol–water partition coefficient (Wildman–Crippen LogP) is 2.37. The fourth-order valence-electron chi connectivity index (χ4n) is 1.83. The van der Waals surface area contributed by atoms with E-state index in [0.29, 0.717) is 22.5 Å². The van der Waals surface area contributed by atoms with Crippen LogP contribution in [0.3, 0.4) is 0 Å². The quantitative estimate of drug-likeness (QED) is 0.820. The molecule has 0 aliphatic carbocycles. The first-order chi connectivity index (χ1) is 8.30. The maximum atomic E-state index is 11.8. The number of halogens is 1. The standard InChI is InChI=1S/C13H19BrN2O2/c1-9(2)6-13(3,18)8-16-12(17)10-4-5-11(14)15-7-10/h4-5,7,9,18H,6,8H2,1-3H3,(H,16,17). The fourth-order valence-corrected chi connectivity index (χ4v) is 2.07. The second kappa shape index (κ2) is 6.29. The summed E-state index contributed by atoms with van der Waals surface area (Å²) in [5.41, 5.74) is -0.398. The molecule has 0 aliphatic heterocycles. The second-order valence-electron chi connectivity index (χ2n) is 5.15. The minimum atomic E-state index is -0.882. The number of hydrogen-bond acceptors (Lipinski definition) is 3. The van der Waals surface area contributed by atoms with Crippen LogP contribution in [0.15, 0.2) is 22.9 Å². The van der Waals surface area contributed by atoms with Crippen LogP contribution >= 0.6 is 15.9 Å². The lowest BCUT2D eigenvalue weighted by Crippen LogP contribution is -2.41. The van der Waals surface area contributed by atoms with Gasteiger partial charge in [0.2, 0.25) is 0 Å². The number of aromatic nitrogens is 1. The zero-order valence-corrected chi connectivity index (χ0v) is 12.5. The van der Waals surface area contributed by atoms with Gasteiger partial charge in [-0.05, 0) is 47.3 Å². The summed E-state index contributed by atoms with van der Waals surface area (Å²) in [5, 5.41) is 12.8. The van der Waals surface area contributed by atoms with Gasteiger partial charge < -0.3 is 10.4 Å². The lowest BCUT2D eigenvalue weighted by Gasteiger charge is -2.25. The number of rotatable bonds is 5. The highest BCUT2D eigenvalue weighted by molar-refractivity contribution is 9.10. The largest absolute Gasteiger partial charge is 0.388 e. The monoisotopic (exact) mass is 314 g/mol. The van der Waals surface area contributed by atoms with Crippen molar-refractivity contribution in [2.45, 2.75) is 32.8 Å². The molecule has 1 heterocycles. The maximum Gasteiger partial charge on any atom is 0.252 e. The second-order valence-corrected chi connectivity index (χ2v) is 5.96. The van der Waals surface area contributed by atoms with E-state index < -0.39 is 5.60 Å². The van der Waals surface area contributed by atoms with Crippen molar-refractivity contribution in [3.63, 3.8) is 0 Å². The van der Waals surface area contributed by atoms with Gasteiger partial charge in [0.15, 0.2) is 0 Å². The molecule has 18 heavy (non-hydrogen) atoms. The number of aliphatic hydroxyl groups is 1. The van der Waals surface area contributed by atoms with E-state index in [1.165, 1.54) is 6.20 Å². The summed E-state index contributed by atoms with van der Waals surface area (Å²) in [6.45, 7) is 6.04. The molecule has 0 bridgehead atoms. The van der Waals surface area contributed by atoms with Crippen LogP contribution < -0.4 is 5.32 Å². The van der Waals surface area contributed by atoms with Gasteiger partial charge in [0.1, 0.15) is 4.60 Å². The molecular formula is C13H19BrN2O2. The molecule has 1 amide bonds. The Balaban J connectivity index is 2.53. The number of pyridine rings is 1. The summed E-state index contributed by atoms with van der Waals surface area (Å²) < 4.78 is 0.686. The minimum Gasteiger partial charge on any atom is -0.388 e. The zero-order valence-electron chi connectivity index (χ0n) is 10.9. The number of nitrogens with zero attached hydrogens (tertiary/aromatic N) is 1. The normalized spacial score (nSPS) is 14.3. The van der Waals surface area contributed by atoms with Crippen LogP contribution in [0.5, 0.6) is 0 Å². The van der Waals surface area contributed by atoms with Gasteiger partial charge in [-0.3, -0.25) is 4.79 Å². The Morgan fingerprint density at radius 3 is 2.72 bits per heavy atom. The van der Waals surface area contributed by atoms with E-state index in [9.17, 15) is 9.90 Å². The Kier molecular flexibility index (Phi) is 5.28. The molecule has 0 saturated heterocycles. The SMILES string of the molecule is CC(C)CC(C)(O)CNC(=O)c1ccc(Br)nc1. The van der Waals surface area contributed by atoms with Gasteiger partial charge in [-0.15, -0.1) is 0 Å². The molecule has 5 heteroatoms. The van der Waals surface area contributed by atoms with Gasteiger partial charge in [-0.25, -0.2) is 4.98 Å². The number of carbonyl (C=O) groups excluding carboxylic acids is 1. The van der Waals surface area contributed by atoms with Gasteiger partial charge in [0.05, 0.1) is 11.2 Å². The van der Waals surface area contributed by atoms with Gasteiger partial charge in [0, 0.05) is 12.7 Å². The van der Waals surface area contributed by atoms with Gasteiger partial charge in [-0.2, -0.15) is 0 Å². The van der Waals surface area contributed by atoms with Gasteiger partial charge in [-0.1, -0.05) is 13.8 Å². The number of carbonyl (C=O) groups is 1. The van der Waals surface area contributed by atoms with E-state index in [1.54, 1.807) is 19.1 Å². The molecule has 1 aromatic rings. The Morgan fingerprint density at radius 2 is 2.22 bits per heavy atom. The smallest absolute Gasteiger partial charge is 0.252 e. The van der Waals surface area contributed by atoms with Crippen molar-refractivity contribution in [3.8, 4) is 0 Å². The number of amides is 1. The van der Waals surface area contributed by atoms with E-state index in [-0.39, 0.29) is 12.5 Å². The summed E-state index contributed by atoms with van der Waals surface area (Å²) in [7, 11) is 0. The van der Waals surface area contributed by atoms with Crippen molar-refractivity contribution >= 4 is 21.8 Å². The third-order valence-electron chi connectivity index (χ3n) is 2.47. The van der Waals surface area contributed by atoms with Gasteiger partial charge in [0.25, 0.3) is 5.91 Å². The van der Waals surface area contributed by atoms with Crippen molar-refractivity contribution < 1.29 is 9.90 Å². The average Bonchev–Trinajstić information content (AvgIpc) is 2.25. The number of nitrogens with one attached hydrogen (secondary N) is 1. The van der Waals surface area contributed by atoms with E-state index in [2.05, 4.69) is 26.2 Å². The van der Waals surface area contributed by atoms with Crippen molar-refractivity contribution in [2.24, 2.45) is 5.92 Å². The predicted molar refractivity (Wildman–Crippen MR) is 74.3 cm³/mol. The number of hydrogen-bond donors (Lipinski definition) is 2. The van der Waals surface area contributed by atoms with E-state index in [0.717, 1.165) is 0 Å². The summed E-state index contributed by atoms with van der Waals surface area (Å²) in [5.74, 6) is 0.158. The Labute approximate surface area is 116 Å². The molecule has 2 N–H and O–H groups in total. The van der Waals surface area contributed by atoms with E-state index >= 15 is 0 Å². The van der Waals surface area contributed by atoms with Gasteiger partial charge >= 0.3 is 0 Å². The van der Waals surface area contributed by atoms with Crippen molar-refractivity contribution in [1.29, 1.82) is 0 Å². The van der Waals surface area contributed by atoms with Crippen LogP contribution in [0, 0.1) is 5.92 Å². The molecule has 0 radical (unpaired) electrons. The molecular weight excluding hydrogens is 296 g/mol. The maximum absolute atomic E-state index is 11.8. The molecule has 1 aromatic heterocycles. The first kappa shape index (κ1) is 15.1. The molecule has 1 atom stereocenters. The molecule has 0 spiro atoms. The highest BCUT2D eigenvalue weighted by atomic mass is 79.9. The lowest BCUT2D eigenvalue weighted by atomic mass is 9.94. The molecule has 0 aromatic carbocycles. The molecule has 0 fully saturated rings. The summed E-state index contributed by atoms with van der Waals surface area (Å²) in [6, 6.07) is 3.39. The highest BCUT2D eigenvalue weighted by Gasteiger charge is 2.22. The van der Waals surface area contributed by atoms with Crippen LogP contribution in [0.25, 0.3) is 0 Å². The summed E-state index contributed by atoms with van der Waals surface area (Å²) >= 11 is 3.21. The summed E-state index contributed by atoms with van der Waals surface area (Å²) in [4.78, 5) is 15.8. The lowest BCUT2D eigenvalue weighted by molar-refractivity contribution is 0.0368. The fraction of sp³-hybridized carbons (Fsp3) is 0.538. The van der Waals surface area contributed by atoms with Crippen molar-refractivity contribution in [3.05, 3.63) is 28.5 Å². The molecule has 0 saturated carbocycles. The first-order valence-electron chi connectivity index (χ1n) is 5.92. The third-order valence-corrected chi connectivity index (χ3v) is 2.94. The van der Waals surface area contributed by atoms with Crippen LogP contribution in [0.1, 0.15) is 37.6 Å². The molecule has 100 valence electrons. The van der Waals surface area contributed by atoms with Crippen LogP contribution in [-0.4, -0.2) is 28.1 Å². The van der Waals surface area contributed by atoms with Crippen molar-refractivity contribution in [2.75, 3.05) is 6.54 Å². The molecule has 0 aliphatic rings. The van der Waals surface area contributed by atoms with Crippen LogP contribution in [0.2, 0.25) is 0 Å². The average molecular weight is 315 g/mol. The minimum absolute atomic E-state index is 0.223. The zero-order chi connectivity index (χ0) is 13.8. The van der Waals surface area contributed by atoms with Crippen LogP contribution in [-0.2, 0) is 0 Å². The summed E-state index contributed by atoms with van der Waals surface area (Å²) in [6.07, 6.45) is 2.14. The topological polar surface area (TPSA) is 62.2 Å². The Morgan fingerprint density at radius 1 is 1.56 bits per heavy atom. The molecule has 1 rings (SSSR count). The molecule has 1 unspecified atom stereocenters. The Hall–Kier alpha value is -0.940.